The third-order valence-electron chi connectivity index (χ3n) is 10.8. The first kappa shape index (κ1) is 31.9. The summed E-state index contributed by atoms with van der Waals surface area (Å²) in [6.07, 6.45) is 9.96. The van der Waals surface area contributed by atoms with Gasteiger partial charge in [0.1, 0.15) is 22.5 Å². The van der Waals surface area contributed by atoms with Gasteiger partial charge >= 0.3 is 0 Å². The lowest BCUT2D eigenvalue weighted by atomic mass is 9.80. The van der Waals surface area contributed by atoms with E-state index in [1.54, 1.807) is 0 Å². The van der Waals surface area contributed by atoms with E-state index in [2.05, 4.69) is 108 Å². The zero-order valence-electron chi connectivity index (χ0n) is 29.7. The van der Waals surface area contributed by atoms with E-state index in [4.69, 9.17) is 8.83 Å². The SMILES string of the molecule is N=C(/C=C(\NNc1ccccc1)c1ccc2ccccc2c1)C1=C(C2=Cc3c(oc4ccccc34)CC2)CCC(c2ccc3oc4ccccc4c3c2)=C1. The molecule has 0 fully saturated rings. The highest BCUT2D eigenvalue weighted by Gasteiger charge is 2.25. The smallest absolute Gasteiger partial charge is 0.135 e. The first-order chi connectivity index (χ1) is 26.6. The monoisotopic (exact) mass is 699 g/mol. The summed E-state index contributed by atoms with van der Waals surface area (Å²) < 4.78 is 12.5. The third-order valence-corrected chi connectivity index (χ3v) is 10.8. The molecule has 10 rings (SSSR count). The molecule has 0 atom stereocenters. The lowest BCUT2D eigenvalue weighted by Crippen LogP contribution is -2.21. The standard InChI is InChI=1S/C49H37N3O2/c50-44(30-45(52-51-37-12-2-1-3-13-37)36-19-18-31-10-4-5-11-32(31)26-36)41-27-33(34-21-24-48-42(28-34)39-14-6-8-16-46(39)53-48)20-23-38(41)35-22-25-49-43(29-35)40-15-7-9-17-47(40)54-49/h1-19,21,24,26-30,50-52H,20,22-23,25H2/b45-30-,50-44?. The molecule has 2 aliphatic rings. The summed E-state index contributed by atoms with van der Waals surface area (Å²) in [6, 6.07) is 47.9. The van der Waals surface area contributed by atoms with Gasteiger partial charge in [0.05, 0.1) is 17.1 Å². The van der Waals surface area contributed by atoms with Gasteiger partial charge in [0, 0.05) is 39.3 Å². The molecule has 0 saturated carbocycles. The Morgan fingerprint density at radius 1 is 0.574 bits per heavy atom. The van der Waals surface area contributed by atoms with Crippen molar-refractivity contribution in [3.63, 3.8) is 0 Å². The van der Waals surface area contributed by atoms with Crippen LogP contribution in [0.4, 0.5) is 5.69 Å². The van der Waals surface area contributed by atoms with Crippen LogP contribution in [-0.4, -0.2) is 5.71 Å². The molecule has 0 amide bonds. The Labute approximate surface area is 313 Å². The van der Waals surface area contributed by atoms with Crippen LogP contribution in [0.1, 0.15) is 41.7 Å². The van der Waals surface area contributed by atoms with Crippen LogP contribution >= 0.6 is 0 Å². The number of benzene rings is 6. The fraction of sp³-hybridized carbons (Fsp3) is 0.0816. The van der Waals surface area contributed by atoms with Crippen LogP contribution in [0.15, 0.2) is 177 Å². The van der Waals surface area contributed by atoms with Gasteiger partial charge in [-0.3, -0.25) is 0 Å². The Balaban J connectivity index is 1.11. The second-order valence-electron chi connectivity index (χ2n) is 14.1. The molecule has 2 aliphatic carbocycles. The highest BCUT2D eigenvalue weighted by Crippen LogP contribution is 2.42. The van der Waals surface area contributed by atoms with Crippen molar-refractivity contribution in [3.8, 4) is 0 Å². The van der Waals surface area contributed by atoms with E-state index >= 15 is 0 Å². The molecule has 2 aromatic heterocycles. The molecule has 54 heavy (non-hydrogen) atoms. The molecule has 5 nitrogen and oxygen atoms in total. The molecule has 0 bridgehead atoms. The number of rotatable bonds is 8. The summed E-state index contributed by atoms with van der Waals surface area (Å²) in [6.45, 7) is 0. The van der Waals surface area contributed by atoms with Gasteiger partial charge in [-0.25, -0.2) is 0 Å². The van der Waals surface area contributed by atoms with Gasteiger partial charge in [0.15, 0.2) is 0 Å². The molecule has 0 aliphatic heterocycles. The summed E-state index contributed by atoms with van der Waals surface area (Å²) in [7, 11) is 0. The molecule has 0 unspecified atom stereocenters. The predicted molar refractivity (Wildman–Crippen MR) is 223 cm³/mol. The number of allylic oxidation sites excluding steroid dienone is 6. The second kappa shape index (κ2) is 13.3. The topological polar surface area (TPSA) is 74.2 Å². The minimum Gasteiger partial charge on any atom is -0.460 e. The van der Waals surface area contributed by atoms with Gasteiger partial charge in [-0.1, -0.05) is 97.1 Å². The number of nitrogens with one attached hydrogen (secondary N) is 3. The number of anilines is 1. The number of fused-ring (bicyclic) bond motifs is 7. The summed E-state index contributed by atoms with van der Waals surface area (Å²) in [4.78, 5) is 0. The fourth-order valence-corrected chi connectivity index (χ4v) is 8.08. The van der Waals surface area contributed by atoms with Gasteiger partial charge in [-0.05, 0) is 113 Å². The molecule has 3 N–H and O–H groups in total. The highest BCUT2D eigenvalue weighted by molar-refractivity contribution is 6.14. The van der Waals surface area contributed by atoms with Gasteiger partial charge in [0.25, 0.3) is 0 Å². The summed E-state index contributed by atoms with van der Waals surface area (Å²) in [5, 5.41) is 15.6. The van der Waals surface area contributed by atoms with E-state index in [0.29, 0.717) is 5.71 Å². The number of hydrogen-bond acceptors (Lipinski definition) is 5. The number of aryl methyl sites for hydroxylation is 1. The molecular formula is C49H37N3O2. The lowest BCUT2D eigenvalue weighted by molar-refractivity contribution is 0.543. The Kier molecular flexibility index (Phi) is 7.84. The van der Waals surface area contributed by atoms with Crippen molar-refractivity contribution in [2.75, 3.05) is 5.43 Å². The van der Waals surface area contributed by atoms with Crippen molar-refractivity contribution < 1.29 is 8.83 Å². The Hall–Kier alpha value is -6.85. The van der Waals surface area contributed by atoms with Crippen LogP contribution in [0.2, 0.25) is 0 Å². The zero-order valence-corrected chi connectivity index (χ0v) is 29.7. The van der Waals surface area contributed by atoms with E-state index in [0.717, 1.165) is 97.8 Å². The van der Waals surface area contributed by atoms with Crippen molar-refractivity contribution in [2.24, 2.45) is 0 Å². The Bertz CT molecular complexity index is 2900. The molecule has 2 heterocycles. The van der Waals surface area contributed by atoms with Crippen LogP contribution < -0.4 is 10.9 Å². The minimum absolute atomic E-state index is 0.450. The van der Waals surface area contributed by atoms with Crippen LogP contribution in [0.3, 0.4) is 0 Å². The van der Waals surface area contributed by atoms with E-state index in [-0.39, 0.29) is 0 Å². The van der Waals surface area contributed by atoms with Crippen molar-refractivity contribution in [1.29, 1.82) is 5.41 Å². The molecule has 6 aromatic carbocycles. The number of hydrogen-bond donors (Lipinski definition) is 3. The number of para-hydroxylation sites is 3. The lowest BCUT2D eigenvalue weighted by Gasteiger charge is -2.25. The van der Waals surface area contributed by atoms with Crippen molar-refractivity contribution in [1.82, 2.24) is 5.43 Å². The first-order valence-corrected chi connectivity index (χ1v) is 18.6. The van der Waals surface area contributed by atoms with E-state index in [1.165, 1.54) is 27.7 Å². The second-order valence-corrected chi connectivity index (χ2v) is 14.1. The average Bonchev–Trinajstić information content (AvgIpc) is 3.80. The Morgan fingerprint density at radius 3 is 2.17 bits per heavy atom. The van der Waals surface area contributed by atoms with Gasteiger partial charge in [0.2, 0.25) is 0 Å². The molecule has 0 saturated heterocycles. The van der Waals surface area contributed by atoms with E-state index in [9.17, 15) is 5.41 Å². The van der Waals surface area contributed by atoms with Crippen molar-refractivity contribution in [3.05, 3.63) is 191 Å². The minimum atomic E-state index is 0.450. The average molecular weight is 700 g/mol. The molecule has 260 valence electrons. The predicted octanol–water partition coefficient (Wildman–Crippen LogP) is 12.7. The van der Waals surface area contributed by atoms with Gasteiger partial charge < -0.3 is 25.1 Å². The Morgan fingerprint density at radius 2 is 1.30 bits per heavy atom. The quantitative estimate of drug-likeness (QED) is 0.109. The van der Waals surface area contributed by atoms with Crippen LogP contribution in [0.25, 0.3) is 61.0 Å². The number of hydrazine groups is 1. The van der Waals surface area contributed by atoms with Crippen LogP contribution in [0.5, 0.6) is 0 Å². The maximum absolute atomic E-state index is 9.86. The maximum Gasteiger partial charge on any atom is 0.135 e. The summed E-state index contributed by atoms with van der Waals surface area (Å²) >= 11 is 0. The molecule has 0 radical (unpaired) electrons. The largest absolute Gasteiger partial charge is 0.460 e. The van der Waals surface area contributed by atoms with Crippen LogP contribution in [-0.2, 0) is 6.42 Å². The van der Waals surface area contributed by atoms with Crippen molar-refractivity contribution >= 4 is 72.4 Å². The number of furan rings is 2. The maximum atomic E-state index is 9.86. The summed E-state index contributed by atoms with van der Waals surface area (Å²) in [5.41, 5.74) is 19.7. The van der Waals surface area contributed by atoms with E-state index < -0.39 is 0 Å². The van der Waals surface area contributed by atoms with Gasteiger partial charge in [-0.15, -0.1) is 0 Å². The molecule has 8 aromatic rings. The molecular weight excluding hydrogens is 663 g/mol. The third kappa shape index (κ3) is 5.80. The van der Waals surface area contributed by atoms with Crippen LogP contribution in [0, 0.1) is 5.41 Å². The van der Waals surface area contributed by atoms with Gasteiger partial charge in [-0.2, -0.15) is 0 Å². The molecule has 0 spiro atoms. The van der Waals surface area contributed by atoms with E-state index in [1.807, 2.05) is 60.7 Å². The van der Waals surface area contributed by atoms with Crippen molar-refractivity contribution in [2.45, 2.75) is 25.7 Å². The molecule has 5 heteroatoms. The zero-order chi connectivity index (χ0) is 36.0. The highest BCUT2D eigenvalue weighted by atomic mass is 16.3. The first-order valence-electron chi connectivity index (χ1n) is 18.6. The normalized spacial score (nSPS) is 14.7. The summed E-state index contributed by atoms with van der Waals surface area (Å²) in [5.74, 6) is 1.04. The fourth-order valence-electron chi connectivity index (χ4n) is 8.08.